The summed E-state index contributed by atoms with van der Waals surface area (Å²) in [7, 11) is 0. The van der Waals surface area contributed by atoms with Crippen LogP contribution in [0, 0.1) is 0 Å². The molecule has 122 valence electrons. The van der Waals surface area contributed by atoms with E-state index >= 15 is 0 Å². The van der Waals surface area contributed by atoms with E-state index in [1.54, 1.807) is 0 Å². The molecule has 0 saturated carbocycles. The summed E-state index contributed by atoms with van der Waals surface area (Å²) in [6, 6.07) is 17.4. The maximum atomic E-state index is 9.57. The van der Waals surface area contributed by atoms with Gasteiger partial charge in [-0.1, -0.05) is 55.8 Å². The number of ether oxygens (including phenoxy) is 1. The van der Waals surface area contributed by atoms with Gasteiger partial charge in [0.15, 0.2) is 0 Å². The molecule has 0 spiro atoms. The van der Waals surface area contributed by atoms with Crippen molar-refractivity contribution in [2.75, 3.05) is 6.61 Å². The molecule has 23 heavy (non-hydrogen) atoms. The molecule has 3 heteroatoms. The molecule has 0 heterocycles. The molecule has 0 aliphatic carbocycles. The lowest BCUT2D eigenvalue weighted by molar-refractivity contribution is 0.145. The fraction of sp³-hybridized carbons (Fsp3) is 0.300. The first-order valence-electron chi connectivity index (χ1n) is 8.06. The fourth-order valence-electron chi connectivity index (χ4n) is 2.57. The molecular weight excluding hydrogens is 288 g/mol. The molecule has 2 aromatic rings. The van der Waals surface area contributed by atoms with Gasteiger partial charge in [0.1, 0.15) is 11.9 Å². The second-order valence-electron chi connectivity index (χ2n) is 5.47. The lowest BCUT2D eigenvalue weighted by Gasteiger charge is -2.18. The van der Waals surface area contributed by atoms with Crippen LogP contribution in [0.1, 0.15) is 37.3 Å². The zero-order valence-corrected chi connectivity index (χ0v) is 13.5. The van der Waals surface area contributed by atoms with E-state index in [1.807, 2.05) is 54.6 Å². The number of hydrogen-bond donors (Lipinski definition) is 2. The Kier molecular flexibility index (Phi) is 6.70. The maximum absolute atomic E-state index is 9.57. The number of hydrogen-bond acceptors (Lipinski definition) is 3. The smallest absolute Gasteiger partial charge is 0.119 e. The molecule has 1 atom stereocenters. The van der Waals surface area contributed by atoms with Crippen LogP contribution in [0.15, 0.2) is 60.9 Å². The van der Waals surface area contributed by atoms with Crippen molar-refractivity contribution in [2.45, 2.75) is 32.3 Å². The standard InChI is InChI=1S/C20H24O3/c1-2-6-18(13-14-21)23-19-11-9-17(10-12-19)20(15-22)16-7-4-3-5-8-16/h3-5,7-12,15,18,21-22H,2,6,13-14H2,1H3/b20-15-. The van der Waals surface area contributed by atoms with Crippen LogP contribution in [0.2, 0.25) is 0 Å². The molecule has 2 rings (SSSR count). The molecule has 0 bridgehead atoms. The molecule has 0 aliphatic rings. The monoisotopic (exact) mass is 312 g/mol. The van der Waals surface area contributed by atoms with Crippen LogP contribution >= 0.6 is 0 Å². The van der Waals surface area contributed by atoms with Gasteiger partial charge in [-0.25, -0.2) is 0 Å². The molecule has 0 aromatic heterocycles. The van der Waals surface area contributed by atoms with Crippen LogP contribution in [0.4, 0.5) is 0 Å². The third kappa shape index (κ3) is 4.86. The average molecular weight is 312 g/mol. The number of aliphatic hydroxyl groups is 2. The van der Waals surface area contributed by atoms with E-state index < -0.39 is 0 Å². The summed E-state index contributed by atoms with van der Waals surface area (Å²) in [5, 5.41) is 18.7. The molecular formula is C20H24O3. The molecule has 1 unspecified atom stereocenters. The van der Waals surface area contributed by atoms with Crippen molar-refractivity contribution in [3.05, 3.63) is 72.0 Å². The lowest BCUT2D eigenvalue weighted by atomic mass is 9.99. The van der Waals surface area contributed by atoms with Crippen LogP contribution in [-0.2, 0) is 0 Å². The van der Waals surface area contributed by atoms with Gasteiger partial charge in [-0.15, -0.1) is 0 Å². The Morgan fingerprint density at radius 3 is 2.22 bits per heavy atom. The largest absolute Gasteiger partial charge is 0.515 e. The summed E-state index contributed by atoms with van der Waals surface area (Å²) in [6.45, 7) is 2.24. The predicted molar refractivity (Wildman–Crippen MR) is 93.6 cm³/mol. The summed E-state index contributed by atoms with van der Waals surface area (Å²) in [6.07, 6.45) is 3.76. The Morgan fingerprint density at radius 2 is 1.65 bits per heavy atom. The summed E-state index contributed by atoms with van der Waals surface area (Å²) >= 11 is 0. The Bertz CT molecular complexity index is 597. The summed E-state index contributed by atoms with van der Waals surface area (Å²) in [5.41, 5.74) is 2.67. The topological polar surface area (TPSA) is 49.7 Å². The fourth-order valence-corrected chi connectivity index (χ4v) is 2.57. The zero-order valence-electron chi connectivity index (χ0n) is 13.5. The minimum Gasteiger partial charge on any atom is -0.515 e. The molecule has 0 saturated heterocycles. The molecule has 0 radical (unpaired) electrons. The second-order valence-corrected chi connectivity index (χ2v) is 5.47. The quantitative estimate of drug-likeness (QED) is 0.702. The van der Waals surface area contributed by atoms with Crippen molar-refractivity contribution in [2.24, 2.45) is 0 Å². The van der Waals surface area contributed by atoms with E-state index in [1.165, 1.54) is 0 Å². The molecule has 3 nitrogen and oxygen atoms in total. The van der Waals surface area contributed by atoms with E-state index in [0.29, 0.717) is 6.42 Å². The Balaban J connectivity index is 2.12. The number of aliphatic hydroxyl groups excluding tert-OH is 2. The number of benzene rings is 2. The number of rotatable bonds is 8. The maximum Gasteiger partial charge on any atom is 0.119 e. The molecule has 0 aliphatic heterocycles. The molecule has 0 fully saturated rings. The van der Waals surface area contributed by atoms with E-state index in [-0.39, 0.29) is 12.7 Å². The Morgan fingerprint density at radius 1 is 1.00 bits per heavy atom. The van der Waals surface area contributed by atoms with Gasteiger partial charge in [-0.05, 0) is 29.7 Å². The highest BCUT2D eigenvalue weighted by Crippen LogP contribution is 2.25. The predicted octanol–water partition coefficient (Wildman–Crippen LogP) is 4.56. The van der Waals surface area contributed by atoms with Gasteiger partial charge in [0.05, 0.1) is 6.26 Å². The summed E-state index contributed by atoms with van der Waals surface area (Å²) in [5.74, 6) is 0.783. The van der Waals surface area contributed by atoms with Crippen molar-refractivity contribution in [1.29, 1.82) is 0 Å². The highest BCUT2D eigenvalue weighted by atomic mass is 16.5. The van der Waals surface area contributed by atoms with E-state index in [9.17, 15) is 5.11 Å². The van der Waals surface area contributed by atoms with Gasteiger partial charge in [0, 0.05) is 18.6 Å². The van der Waals surface area contributed by atoms with Gasteiger partial charge in [0.25, 0.3) is 0 Å². The highest BCUT2D eigenvalue weighted by Gasteiger charge is 2.10. The molecule has 0 amide bonds. The zero-order chi connectivity index (χ0) is 16.5. The summed E-state index contributed by atoms with van der Waals surface area (Å²) in [4.78, 5) is 0. The SMILES string of the molecule is CCCC(CCO)Oc1ccc(/C(=C\O)c2ccccc2)cc1. The minimum absolute atomic E-state index is 0.0397. The Hall–Kier alpha value is -2.26. The van der Waals surface area contributed by atoms with Crippen molar-refractivity contribution in [3.63, 3.8) is 0 Å². The van der Waals surface area contributed by atoms with Crippen LogP contribution in [0.5, 0.6) is 5.75 Å². The first-order chi connectivity index (χ1) is 11.3. The lowest BCUT2D eigenvalue weighted by Crippen LogP contribution is -2.17. The third-order valence-corrected chi connectivity index (χ3v) is 3.74. The van der Waals surface area contributed by atoms with Gasteiger partial charge < -0.3 is 14.9 Å². The van der Waals surface area contributed by atoms with Crippen LogP contribution in [0.25, 0.3) is 5.57 Å². The first kappa shape index (κ1) is 17.1. The van der Waals surface area contributed by atoms with Crippen molar-refractivity contribution < 1.29 is 14.9 Å². The van der Waals surface area contributed by atoms with Crippen molar-refractivity contribution >= 4 is 5.57 Å². The van der Waals surface area contributed by atoms with Gasteiger partial charge in [-0.2, -0.15) is 0 Å². The third-order valence-electron chi connectivity index (χ3n) is 3.74. The summed E-state index contributed by atoms with van der Waals surface area (Å²) < 4.78 is 5.93. The van der Waals surface area contributed by atoms with Crippen LogP contribution < -0.4 is 4.74 Å². The molecule has 2 aromatic carbocycles. The Labute approximate surface area is 137 Å². The van der Waals surface area contributed by atoms with Crippen molar-refractivity contribution in [1.82, 2.24) is 0 Å². The van der Waals surface area contributed by atoms with Crippen LogP contribution in [-0.4, -0.2) is 22.9 Å². The highest BCUT2D eigenvalue weighted by molar-refractivity contribution is 5.79. The second kappa shape index (κ2) is 9.01. The van der Waals surface area contributed by atoms with Crippen LogP contribution in [0.3, 0.4) is 0 Å². The first-order valence-corrected chi connectivity index (χ1v) is 8.06. The van der Waals surface area contributed by atoms with Gasteiger partial charge >= 0.3 is 0 Å². The van der Waals surface area contributed by atoms with E-state index in [2.05, 4.69) is 6.92 Å². The van der Waals surface area contributed by atoms with Gasteiger partial charge in [-0.3, -0.25) is 0 Å². The normalized spacial score (nSPS) is 12.9. The van der Waals surface area contributed by atoms with E-state index in [0.717, 1.165) is 41.6 Å². The average Bonchev–Trinajstić information content (AvgIpc) is 2.58. The van der Waals surface area contributed by atoms with Crippen molar-refractivity contribution in [3.8, 4) is 5.75 Å². The molecule has 2 N–H and O–H groups in total. The van der Waals surface area contributed by atoms with Gasteiger partial charge in [0.2, 0.25) is 0 Å². The van der Waals surface area contributed by atoms with E-state index in [4.69, 9.17) is 9.84 Å². The minimum atomic E-state index is 0.0397.